The van der Waals surface area contributed by atoms with Crippen molar-refractivity contribution in [3.63, 3.8) is 0 Å². The average Bonchev–Trinajstić information content (AvgIpc) is 2.92. The number of hydrogen-bond acceptors (Lipinski definition) is 4. The van der Waals surface area contributed by atoms with Gasteiger partial charge in [0.25, 0.3) is 0 Å². The van der Waals surface area contributed by atoms with Crippen molar-refractivity contribution in [2.75, 3.05) is 40.4 Å². The Morgan fingerprint density at radius 3 is 2.74 bits per heavy atom. The molecule has 0 unspecified atom stereocenters. The zero-order chi connectivity index (χ0) is 16.4. The molecule has 1 aromatic heterocycles. The number of methoxy groups -OCH3 is 1. The number of piperazine rings is 1. The Balaban J connectivity index is 1.73. The van der Waals surface area contributed by atoms with E-state index in [1.807, 2.05) is 19.4 Å². The van der Waals surface area contributed by atoms with Crippen LogP contribution >= 0.6 is 0 Å². The molecule has 0 radical (unpaired) electrons. The highest BCUT2D eigenvalue weighted by Gasteiger charge is 2.47. The van der Waals surface area contributed by atoms with E-state index in [-0.39, 0.29) is 11.5 Å². The van der Waals surface area contributed by atoms with Crippen LogP contribution in [0.2, 0.25) is 0 Å². The van der Waals surface area contributed by atoms with Crippen molar-refractivity contribution in [3.05, 3.63) is 18.2 Å². The molecule has 1 atom stereocenters. The van der Waals surface area contributed by atoms with Gasteiger partial charge < -0.3 is 14.2 Å². The highest BCUT2D eigenvalue weighted by atomic mass is 16.5. The SMILES string of the molecule is COCCC1(C(=O)N2CCN(C)[C@@H](c3nccn3C)C2)CCC1. The third-order valence-electron chi connectivity index (χ3n) is 5.64. The third kappa shape index (κ3) is 3.02. The fourth-order valence-electron chi connectivity index (χ4n) is 3.84. The molecule has 1 saturated carbocycles. The summed E-state index contributed by atoms with van der Waals surface area (Å²) in [5, 5.41) is 0. The summed E-state index contributed by atoms with van der Waals surface area (Å²) in [6.07, 6.45) is 7.82. The van der Waals surface area contributed by atoms with Gasteiger partial charge in [0.15, 0.2) is 0 Å². The Morgan fingerprint density at radius 2 is 2.17 bits per heavy atom. The maximum absolute atomic E-state index is 13.1. The van der Waals surface area contributed by atoms with Gasteiger partial charge in [0.2, 0.25) is 5.91 Å². The minimum absolute atomic E-state index is 0.169. The molecular weight excluding hydrogens is 292 g/mol. The highest BCUT2D eigenvalue weighted by molar-refractivity contribution is 5.83. The van der Waals surface area contributed by atoms with Crippen LogP contribution in [-0.4, -0.2) is 65.7 Å². The number of ether oxygens (including phenoxy) is 1. The lowest BCUT2D eigenvalue weighted by atomic mass is 9.65. The molecule has 6 nitrogen and oxygen atoms in total. The Hall–Kier alpha value is -1.40. The first-order valence-corrected chi connectivity index (χ1v) is 8.53. The van der Waals surface area contributed by atoms with Crippen LogP contribution in [0.25, 0.3) is 0 Å². The predicted octanol–water partition coefficient (Wildman–Crippen LogP) is 1.44. The molecular formula is C17H28N4O2. The number of rotatable bonds is 5. The average molecular weight is 320 g/mol. The maximum atomic E-state index is 13.1. The number of nitrogens with zero attached hydrogens (tertiary/aromatic N) is 4. The first kappa shape index (κ1) is 16.5. The number of carbonyl (C=O) groups is 1. The van der Waals surface area contributed by atoms with E-state index in [2.05, 4.69) is 26.4 Å². The van der Waals surface area contributed by atoms with Crippen LogP contribution < -0.4 is 0 Å². The smallest absolute Gasteiger partial charge is 0.228 e. The van der Waals surface area contributed by atoms with E-state index in [9.17, 15) is 4.79 Å². The molecule has 2 aliphatic rings. The molecule has 1 aromatic rings. The van der Waals surface area contributed by atoms with Crippen LogP contribution in [0.1, 0.15) is 37.5 Å². The van der Waals surface area contributed by atoms with Gasteiger partial charge in [-0.3, -0.25) is 9.69 Å². The summed E-state index contributed by atoms with van der Waals surface area (Å²) < 4.78 is 7.29. The maximum Gasteiger partial charge on any atom is 0.228 e. The number of aromatic nitrogens is 2. The Bertz CT molecular complexity index is 553. The molecule has 0 N–H and O–H groups in total. The molecule has 2 heterocycles. The molecule has 1 aliphatic carbocycles. The van der Waals surface area contributed by atoms with Crippen molar-refractivity contribution in [1.29, 1.82) is 0 Å². The number of amides is 1. The molecule has 128 valence electrons. The molecule has 1 saturated heterocycles. The molecule has 6 heteroatoms. The molecule has 0 aromatic carbocycles. The van der Waals surface area contributed by atoms with Gasteiger partial charge in [-0.1, -0.05) is 6.42 Å². The number of carbonyl (C=O) groups excluding carboxylic acids is 1. The monoisotopic (exact) mass is 320 g/mol. The normalized spacial score (nSPS) is 24.5. The molecule has 0 spiro atoms. The standard InChI is InChI=1S/C17H28N4O2/c1-19-10-11-21(13-14(19)15-18-8-9-20(15)2)16(22)17(5-4-6-17)7-12-23-3/h8-9,14H,4-7,10-13H2,1-3H3/t14-/m1/s1. The van der Waals surface area contributed by atoms with E-state index < -0.39 is 0 Å². The number of imidazole rings is 1. The van der Waals surface area contributed by atoms with Crippen molar-refractivity contribution in [2.45, 2.75) is 31.7 Å². The fourth-order valence-corrected chi connectivity index (χ4v) is 3.84. The number of likely N-dealkylation sites (N-methyl/N-ethyl adjacent to an activating group) is 1. The van der Waals surface area contributed by atoms with Gasteiger partial charge in [-0.25, -0.2) is 4.98 Å². The van der Waals surface area contributed by atoms with E-state index in [4.69, 9.17) is 4.74 Å². The summed E-state index contributed by atoms with van der Waals surface area (Å²) in [4.78, 5) is 22.0. The Labute approximate surface area is 138 Å². The van der Waals surface area contributed by atoms with Crippen LogP contribution in [-0.2, 0) is 16.6 Å². The summed E-state index contributed by atoms with van der Waals surface area (Å²) >= 11 is 0. The van der Waals surface area contributed by atoms with E-state index in [1.54, 1.807) is 7.11 Å². The topological polar surface area (TPSA) is 50.6 Å². The first-order valence-electron chi connectivity index (χ1n) is 8.53. The quantitative estimate of drug-likeness (QED) is 0.824. The van der Waals surface area contributed by atoms with E-state index in [0.29, 0.717) is 12.5 Å². The third-order valence-corrected chi connectivity index (χ3v) is 5.64. The largest absolute Gasteiger partial charge is 0.385 e. The van der Waals surface area contributed by atoms with Gasteiger partial charge in [0, 0.05) is 52.8 Å². The van der Waals surface area contributed by atoms with Crippen molar-refractivity contribution in [2.24, 2.45) is 12.5 Å². The number of hydrogen-bond donors (Lipinski definition) is 0. The van der Waals surface area contributed by atoms with Crippen molar-refractivity contribution < 1.29 is 9.53 Å². The van der Waals surface area contributed by atoms with Crippen LogP contribution in [0.3, 0.4) is 0 Å². The van der Waals surface area contributed by atoms with Crippen molar-refractivity contribution in [1.82, 2.24) is 19.4 Å². The van der Waals surface area contributed by atoms with Gasteiger partial charge in [-0.15, -0.1) is 0 Å². The lowest BCUT2D eigenvalue weighted by molar-refractivity contribution is -0.152. The van der Waals surface area contributed by atoms with Gasteiger partial charge in [0.05, 0.1) is 11.5 Å². The van der Waals surface area contributed by atoms with Gasteiger partial charge in [-0.2, -0.15) is 0 Å². The van der Waals surface area contributed by atoms with E-state index in [0.717, 1.165) is 51.1 Å². The second kappa shape index (κ2) is 6.61. The Kier molecular flexibility index (Phi) is 4.73. The van der Waals surface area contributed by atoms with Crippen LogP contribution in [0.5, 0.6) is 0 Å². The predicted molar refractivity (Wildman–Crippen MR) is 87.9 cm³/mol. The second-order valence-corrected chi connectivity index (χ2v) is 7.02. The summed E-state index contributed by atoms with van der Waals surface area (Å²) in [6, 6.07) is 0.173. The zero-order valence-electron chi connectivity index (χ0n) is 14.5. The molecule has 0 bridgehead atoms. The van der Waals surface area contributed by atoms with Gasteiger partial charge in [0.1, 0.15) is 5.82 Å². The number of aryl methyl sites for hydroxylation is 1. The van der Waals surface area contributed by atoms with Gasteiger partial charge >= 0.3 is 0 Å². The van der Waals surface area contributed by atoms with Crippen molar-refractivity contribution in [3.8, 4) is 0 Å². The summed E-state index contributed by atoms with van der Waals surface area (Å²) in [5.74, 6) is 1.36. The van der Waals surface area contributed by atoms with E-state index >= 15 is 0 Å². The zero-order valence-corrected chi connectivity index (χ0v) is 14.5. The molecule has 23 heavy (non-hydrogen) atoms. The van der Waals surface area contributed by atoms with Crippen LogP contribution in [0.15, 0.2) is 12.4 Å². The lowest BCUT2D eigenvalue weighted by Gasteiger charge is -2.47. The molecule has 1 aliphatic heterocycles. The fraction of sp³-hybridized carbons (Fsp3) is 0.765. The molecule has 1 amide bonds. The first-order chi connectivity index (χ1) is 11.1. The minimum atomic E-state index is -0.169. The van der Waals surface area contributed by atoms with Crippen LogP contribution in [0.4, 0.5) is 0 Å². The Morgan fingerprint density at radius 1 is 1.39 bits per heavy atom. The van der Waals surface area contributed by atoms with E-state index in [1.165, 1.54) is 0 Å². The lowest BCUT2D eigenvalue weighted by Crippen LogP contribution is -2.55. The summed E-state index contributed by atoms with van der Waals surface area (Å²) in [7, 11) is 5.85. The van der Waals surface area contributed by atoms with Crippen molar-refractivity contribution >= 4 is 5.91 Å². The summed E-state index contributed by atoms with van der Waals surface area (Å²) in [5.41, 5.74) is -0.169. The highest BCUT2D eigenvalue weighted by Crippen LogP contribution is 2.46. The summed E-state index contributed by atoms with van der Waals surface area (Å²) in [6.45, 7) is 3.10. The minimum Gasteiger partial charge on any atom is -0.385 e. The molecule has 3 rings (SSSR count). The second-order valence-electron chi connectivity index (χ2n) is 7.02. The van der Waals surface area contributed by atoms with Crippen LogP contribution in [0, 0.1) is 5.41 Å². The molecule has 2 fully saturated rings. The van der Waals surface area contributed by atoms with Gasteiger partial charge in [-0.05, 0) is 26.3 Å².